The Kier molecular flexibility index (Phi) is 4.28. The molecule has 0 fully saturated rings. The fourth-order valence-corrected chi connectivity index (χ4v) is 3.19. The van der Waals surface area contributed by atoms with Crippen molar-refractivity contribution in [3.8, 4) is 0 Å². The second-order valence-electron chi connectivity index (χ2n) is 6.18. The fourth-order valence-electron chi connectivity index (χ4n) is 3.19. The molecule has 1 aliphatic rings. The Hall–Kier alpha value is -3.32. The quantitative estimate of drug-likeness (QED) is 0.531. The lowest BCUT2D eigenvalue weighted by Gasteiger charge is -2.37. The first-order valence-electron chi connectivity index (χ1n) is 8.28. The highest BCUT2D eigenvalue weighted by Gasteiger charge is 2.25. The van der Waals surface area contributed by atoms with Crippen molar-refractivity contribution in [3.05, 3.63) is 88.4 Å². The maximum absolute atomic E-state index is 11.1. The topological polar surface area (TPSA) is 75.4 Å². The number of nitrogens with zero attached hydrogens (tertiary/aromatic N) is 5. The summed E-state index contributed by atoms with van der Waals surface area (Å²) in [6, 6.07) is 14.6. The molecule has 1 aromatic carbocycles. The Morgan fingerprint density at radius 1 is 1.12 bits per heavy atom. The van der Waals surface area contributed by atoms with E-state index >= 15 is 0 Å². The molecule has 0 aliphatic carbocycles. The van der Waals surface area contributed by atoms with Crippen molar-refractivity contribution in [1.82, 2.24) is 14.9 Å². The molecule has 0 saturated heterocycles. The van der Waals surface area contributed by atoms with Crippen molar-refractivity contribution in [1.29, 1.82) is 0 Å². The van der Waals surface area contributed by atoms with Gasteiger partial charge in [-0.25, -0.2) is 4.98 Å². The van der Waals surface area contributed by atoms with Crippen molar-refractivity contribution in [3.63, 3.8) is 0 Å². The number of anilines is 2. The second kappa shape index (κ2) is 6.89. The molecule has 7 heteroatoms. The average Bonchev–Trinajstić information content (AvgIpc) is 2.68. The van der Waals surface area contributed by atoms with E-state index in [1.54, 1.807) is 24.5 Å². The second-order valence-corrected chi connectivity index (χ2v) is 6.18. The maximum atomic E-state index is 11.1. The number of hydrogen-bond acceptors (Lipinski definition) is 6. The summed E-state index contributed by atoms with van der Waals surface area (Å²) in [5.41, 5.74) is 3.05. The Labute approximate surface area is 150 Å². The van der Waals surface area contributed by atoms with Crippen LogP contribution in [0, 0.1) is 10.1 Å². The van der Waals surface area contributed by atoms with E-state index in [2.05, 4.69) is 14.9 Å². The molecule has 0 spiro atoms. The maximum Gasteiger partial charge on any atom is 0.271 e. The first-order valence-corrected chi connectivity index (χ1v) is 8.28. The predicted molar refractivity (Wildman–Crippen MR) is 97.8 cm³/mol. The van der Waals surface area contributed by atoms with Crippen molar-refractivity contribution < 1.29 is 4.92 Å². The SMILES string of the molecule is O=[N+]([O-])c1cccc(N2CN(Cc3cccnc3)Cc3cccnc32)c1. The van der Waals surface area contributed by atoms with E-state index in [-0.39, 0.29) is 10.6 Å². The summed E-state index contributed by atoms with van der Waals surface area (Å²) in [6.45, 7) is 2.11. The van der Waals surface area contributed by atoms with Crippen LogP contribution >= 0.6 is 0 Å². The number of benzene rings is 1. The van der Waals surface area contributed by atoms with Crippen LogP contribution in [0.3, 0.4) is 0 Å². The van der Waals surface area contributed by atoms with E-state index in [9.17, 15) is 10.1 Å². The van der Waals surface area contributed by atoms with Gasteiger partial charge >= 0.3 is 0 Å². The molecule has 3 aromatic rings. The summed E-state index contributed by atoms with van der Waals surface area (Å²) in [5, 5.41) is 11.1. The monoisotopic (exact) mass is 347 g/mol. The standard InChI is InChI=1S/C19H17N5O2/c25-24(26)18-7-1-6-17(10-18)23-14-22(12-15-4-2-8-20-11-15)13-16-5-3-9-21-19(16)23/h1-11H,12-14H2. The normalized spacial score (nSPS) is 14.1. The molecule has 4 rings (SSSR count). The van der Waals surface area contributed by atoms with Gasteiger partial charge in [0.2, 0.25) is 0 Å². The Morgan fingerprint density at radius 2 is 2.00 bits per heavy atom. The molecule has 0 amide bonds. The van der Waals surface area contributed by atoms with Crippen LogP contribution in [0.1, 0.15) is 11.1 Å². The number of nitro benzene ring substituents is 1. The van der Waals surface area contributed by atoms with Crippen molar-refractivity contribution in [2.24, 2.45) is 0 Å². The van der Waals surface area contributed by atoms with Gasteiger partial charge in [0.15, 0.2) is 0 Å². The zero-order valence-corrected chi connectivity index (χ0v) is 14.0. The number of aromatic nitrogens is 2. The first-order chi connectivity index (χ1) is 12.7. The molecule has 0 unspecified atom stereocenters. The largest absolute Gasteiger partial charge is 0.312 e. The third-order valence-corrected chi connectivity index (χ3v) is 4.34. The number of non-ortho nitro benzene ring substituents is 1. The zero-order chi connectivity index (χ0) is 17.9. The van der Waals surface area contributed by atoms with Crippen LogP contribution in [0.5, 0.6) is 0 Å². The molecule has 0 bridgehead atoms. The van der Waals surface area contributed by atoms with Crippen molar-refractivity contribution in [2.45, 2.75) is 13.1 Å². The lowest BCUT2D eigenvalue weighted by atomic mass is 10.1. The highest BCUT2D eigenvalue weighted by molar-refractivity contribution is 5.66. The molecule has 2 aromatic heterocycles. The van der Waals surface area contributed by atoms with Crippen LogP contribution in [-0.4, -0.2) is 26.5 Å². The summed E-state index contributed by atoms with van der Waals surface area (Å²) in [6.07, 6.45) is 5.37. The van der Waals surface area contributed by atoms with Crippen molar-refractivity contribution >= 4 is 17.2 Å². The van der Waals surface area contributed by atoms with E-state index in [1.807, 2.05) is 41.4 Å². The van der Waals surface area contributed by atoms with Gasteiger partial charge in [-0.15, -0.1) is 0 Å². The van der Waals surface area contributed by atoms with E-state index in [0.29, 0.717) is 6.67 Å². The van der Waals surface area contributed by atoms with Gasteiger partial charge in [0, 0.05) is 49.4 Å². The smallest absolute Gasteiger partial charge is 0.271 e. The number of rotatable bonds is 4. The minimum atomic E-state index is -0.375. The summed E-state index contributed by atoms with van der Waals surface area (Å²) in [5.74, 6) is 0.843. The Bertz CT molecular complexity index is 932. The molecule has 26 heavy (non-hydrogen) atoms. The average molecular weight is 347 g/mol. The van der Waals surface area contributed by atoms with Crippen LogP contribution < -0.4 is 4.90 Å². The highest BCUT2D eigenvalue weighted by Crippen LogP contribution is 2.33. The van der Waals surface area contributed by atoms with E-state index in [4.69, 9.17) is 0 Å². The van der Waals surface area contributed by atoms with Crippen LogP contribution in [-0.2, 0) is 13.1 Å². The lowest BCUT2D eigenvalue weighted by Crippen LogP contribution is -2.39. The lowest BCUT2D eigenvalue weighted by molar-refractivity contribution is -0.384. The van der Waals surface area contributed by atoms with Gasteiger partial charge < -0.3 is 4.90 Å². The Morgan fingerprint density at radius 3 is 2.81 bits per heavy atom. The summed E-state index contributed by atoms with van der Waals surface area (Å²) >= 11 is 0. The van der Waals surface area contributed by atoms with Gasteiger partial charge in [0.1, 0.15) is 5.82 Å². The zero-order valence-electron chi connectivity index (χ0n) is 14.0. The minimum absolute atomic E-state index is 0.0735. The van der Waals surface area contributed by atoms with Crippen LogP contribution in [0.25, 0.3) is 0 Å². The summed E-state index contributed by atoms with van der Waals surface area (Å²) in [7, 11) is 0. The van der Waals surface area contributed by atoms with E-state index < -0.39 is 0 Å². The Balaban J connectivity index is 1.68. The van der Waals surface area contributed by atoms with Gasteiger partial charge in [-0.3, -0.25) is 20.0 Å². The van der Waals surface area contributed by atoms with Crippen LogP contribution in [0.4, 0.5) is 17.2 Å². The molecule has 0 radical (unpaired) electrons. The van der Waals surface area contributed by atoms with Gasteiger partial charge in [0.05, 0.1) is 17.3 Å². The van der Waals surface area contributed by atoms with Crippen molar-refractivity contribution in [2.75, 3.05) is 11.6 Å². The fraction of sp³-hybridized carbons (Fsp3) is 0.158. The third kappa shape index (κ3) is 3.25. The first kappa shape index (κ1) is 16.2. The predicted octanol–water partition coefficient (Wildman–Crippen LogP) is 3.50. The van der Waals surface area contributed by atoms with E-state index in [1.165, 1.54) is 6.07 Å². The molecule has 1 aliphatic heterocycles. The van der Waals surface area contributed by atoms with E-state index in [0.717, 1.165) is 35.7 Å². The van der Waals surface area contributed by atoms with Crippen LogP contribution in [0.15, 0.2) is 67.1 Å². The summed E-state index contributed by atoms with van der Waals surface area (Å²) < 4.78 is 0. The molecule has 7 nitrogen and oxygen atoms in total. The minimum Gasteiger partial charge on any atom is -0.312 e. The molecule has 0 saturated carbocycles. The molecular formula is C19H17N5O2. The molecule has 3 heterocycles. The van der Waals surface area contributed by atoms with Gasteiger partial charge in [0.25, 0.3) is 5.69 Å². The summed E-state index contributed by atoms with van der Waals surface area (Å²) in [4.78, 5) is 23.7. The van der Waals surface area contributed by atoms with Crippen LogP contribution in [0.2, 0.25) is 0 Å². The number of nitro groups is 1. The van der Waals surface area contributed by atoms with Gasteiger partial charge in [-0.05, 0) is 23.8 Å². The molecule has 0 N–H and O–H groups in total. The molecular weight excluding hydrogens is 330 g/mol. The molecule has 0 atom stereocenters. The highest BCUT2D eigenvalue weighted by atomic mass is 16.6. The number of fused-ring (bicyclic) bond motifs is 1. The number of pyridine rings is 2. The van der Waals surface area contributed by atoms with Gasteiger partial charge in [-0.2, -0.15) is 0 Å². The number of hydrogen-bond donors (Lipinski definition) is 0. The van der Waals surface area contributed by atoms with Gasteiger partial charge in [-0.1, -0.05) is 18.2 Å². The third-order valence-electron chi connectivity index (χ3n) is 4.34. The molecule has 130 valence electrons.